The topological polar surface area (TPSA) is 77.3 Å². The fraction of sp³-hybridized carbons (Fsp3) is 0.800. The summed E-state index contributed by atoms with van der Waals surface area (Å²) in [5.74, 6) is -0.841. The summed E-state index contributed by atoms with van der Waals surface area (Å²) in [5.41, 5.74) is 0. The number of rotatable bonds is 4. The van der Waals surface area contributed by atoms with Crippen LogP contribution in [0.15, 0.2) is 0 Å². The molecule has 1 unspecified atom stereocenters. The average Bonchev–Trinajstić information content (AvgIpc) is 2.39. The quantitative estimate of drug-likeness (QED) is 0.306. The molecule has 5 nitrogen and oxygen atoms in total. The predicted octanol–water partition coefficient (Wildman–Crippen LogP) is 1.37. The standard InChI is InChI=1S/C10H15NO4/c12-9-5-3-1-2-4-8(9)10(13)6-7-11(14)15/h8H,1-7H2. The number of hydrogen-bond donors (Lipinski definition) is 0. The highest BCUT2D eigenvalue weighted by Crippen LogP contribution is 2.21. The molecule has 0 bridgehead atoms. The van der Waals surface area contributed by atoms with Crippen molar-refractivity contribution < 1.29 is 14.5 Å². The highest BCUT2D eigenvalue weighted by Gasteiger charge is 2.27. The maximum absolute atomic E-state index is 11.5. The second kappa shape index (κ2) is 5.58. The van der Waals surface area contributed by atoms with Crippen LogP contribution in [-0.2, 0) is 9.59 Å². The minimum Gasteiger partial charge on any atom is -0.299 e. The van der Waals surface area contributed by atoms with Gasteiger partial charge in [-0.25, -0.2) is 0 Å². The highest BCUT2D eigenvalue weighted by atomic mass is 16.6. The number of ketones is 2. The molecule has 1 saturated carbocycles. The van der Waals surface area contributed by atoms with Crippen LogP contribution in [0, 0.1) is 16.0 Å². The Balaban J connectivity index is 2.48. The van der Waals surface area contributed by atoms with Crippen molar-refractivity contribution in [1.29, 1.82) is 0 Å². The van der Waals surface area contributed by atoms with Gasteiger partial charge in [0.05, 0.1) is 12.3 Å². The van der Waals surface area contributed by atoms with Gasteiger partial charge in [0, 0.05) is 11.3 Å². The maximum Gasteiger partial charge on any atom is 0.210 e. The lowest BCUT2D eigenvalue weighted by Gasteiger charge is -2.09. The third kappa shape index (κ3) is 3.77. The molecular weight excluding hydrogens is 198 g/mol. The Labute approximate surface area is 88.0 Å². The number of hydrogen-bond acceptors (Lipinski definition) is 4. The van der Waals surface area contributed by atoms with Crippen LogP contribution < -0.4 is 0 Å². The van der Waals surface area contributed by atoms with Crippen LogP contribution in [0.25, 0.3) is 0 Å². The molecule has 0 amide bonds. The zero-order valence-corrected chi connectivity index (χ0v) is 8.61. The number of carbonyl (C=O) groups is 2. The molecule has 1 aliphatic rings. The summed E-state index contributed by atoms with van der Waals surface area (Å²) in [7, 11) is 0. The maximum atomic E-state index is 11.5. The average molecular weight is 213 g/mol. The Kier molecular flexibility index (Phi) is 4.39. The van der Waals surface area contributed by atoms with Gasteiger partial charge in [-0.15, -0.1) is 0 Å². The third-order valence-electron chi connectivity index (χ3n) is 2.73. The Morgan fingerprint density at radius 2 is 2.13 bits per heavy atom. The van der Waals surface area contributed by atoms with Crippen LogP contribution in [0.5, 0.6) is 0 Å². The first-order valence-electron chi connectivity index (χ1n) is 5.28. The summed E-state index contributed by atoms with van der Waals surface area (Å²) in [6.45, 7) is -0.359. The van der Waals surface area contributed by atoms with E-state index in [1.54, 1.807) is 0 Å². The molecule has 0 aliphatic heterocycles. The Bertz CT molecular complexity index is 275. The predicted molar refractivity (Wildman–Crippen MR) is 53.1 cm³/mol. The largest absolute Gasteiger partial charge is 0.299 e. The second-order valence-electron chi connectivity index (χ2n) is 3.89. The summed E-state index contributed by atoms with van der Waals surface area (Å²) >= 11 is 0. The van der Waals surface area contributed by atoms with Gasteiger partial charge >= 0.3 is 0 Å². The van der Waals surface area contributed by atoms with Crippen molar-refractivity contribution in [1.82, 2.24) is 0 Å². The van der Waals surface area contributed by atoms with Crippen LogP contribution >= 0.6 is 0 Å². The molecule has 1 atom stereocenters. The molecule has 1 aliphatic carbocycles. The first-order valence-corrected chi connectivity index (χ1v) is 5.28. The number of Topliss-reactive ketones (excluding diaryl/α,β-unsaturated/α-hetero) is 2. The molecule has 0 aromatic heterocycles. The molecule has 0 aromatic carbocycles. The summed E-state index contributed by atoms with van der Waals surface area (Å²) in [6.07, 6.45) is 3.62. The molecule has 84 valence electrons. The molecule has 5 heteroatoms. The van der Waals surface area contributed by atoms with E-state index in [-0.39, 0.29) is 24.5 Å². The van der Waals surface area contributed by atoms with Crippen molar-refractivity contribution in [2.24, 2.45) is 5.92 Å². The van der Waals surface area contributed by atoms with Crippen LogP contribution in [0.2, 0.25) is 0 Å². The zero-order valence-electron chi connectivity index (χ0n) is 8.61. The number of carbonyl (C=O) groups excluding carboxylic acids is 2. The minimum atomic E-state index is -0.563. The molecule has 0 aromatic rings. The SMILES string of the molecule is O=C1CCCCCC1C(=O)CC[N+](=O)[O-]. The summed E-state index contributed by atoms with van der Waals surface area (Å²) in [4.78, 5) is 32.6. The molecule has 1 fully saturated rings. The van der Waals surface area contributed by atoms with E-state index in [1.165, 1.54) is 0 Å². The monoisotopic (exact) mass is 213 g/mol. The van der Waals surface area contributed by atoms with E-state index < -0.39 is 10.8 Å². The Morgan fingerprint density at radius 3 is 2.80 bits per heavy atom. The molecule has 0 saturated heterocycles. The molecular formula is C10H15NO4. The summed E-state index contributed by atoms with van der Waals surface area (Å²) in [6, 6.07) is 0. The van der Waals surface area contributed by atoms with Gasteiger partial charge in [-0.1, -0.05) is 12.8 Å². The first kappa shape index (κ1) is 11.8. The zero-order chi connectivity index (χ0) is 11.3. The van der Waals surface area contributed by atoms with Crippen molar-refractivity contribution in [3.05, 3.63) is 10.1 Å². The van der Waals surface area contributed by atoms with Gasteiger partial charge in [-0.3, -0.25) is 19.7 Å². The van der Waals surface area contributed by atoms with Crippen molar-refractivity contribution in [3.8, 4) is 0 Å². The van der Waals surface area contributed by atoms with Crippen molar-refractivity contribution in [2.45, 2.75) is 38.5 Å². The second-order valence-corrected chi connectivity index (χ2v) is 3.89. The van der Waals surface area contributed by atoms with Crippen LogP contribution in [0.3, 0.4) is 0 Å². The van der Waals surface area contributed by atoms with Crippen molar-refractivity contribution in [2.75, 3.05) is 6.54 Å². The Morgan fingerprint density at radius 1 is 1.40 bits per heavy atom. The summed E-state index contributed by atoms with van der Waals surface area (Å²) < 4.78 is 0. The molecule has 0 heterocycles. The lowest BCUT2D eigenvalue weighted by atomic mass is 9.92. The number of nitro groups is 1. The highest BCUT2D eigenvalue weighted by molar-refractivity contribution is 6.02. The lowest BCUT2D eigenvalue weighted by molar-refractivity contribution is -0.478. The van der Waals surface area contributed by atoms with Crippen LogP contribution in [0.4, 0.5) is 0 Å². The van der Waals surface area contributed by atoms with Gasteiger partial charge in [0.25, 0.3) is 0 Å². The smallest absolute Gasteiger partial charge is 0.210 e. The fourth-order valence-corrected chi connectivity index (χ4v) is 1.88. The van der Waals surface area contributed by atoms with Gasteiger partial charge in [0.1, 0.15) is 11.6 Å². The van der Waals surface area contributed by atoms with Gasteiger partial charge in [-0.2, -0.15) is 0 Å². The number of nitrogens with zero attached hydrogens (tertiary/aromatic N) is 1. The van der Waals surface area contributed by atoms with E-state index in [2.05, 4.69) is 0 Å². The molecule has 15 heavy (non-hydrogen) atoms. The minimum absolute atomic E-state index is 0.0270. The van der Waals surface area contributed by atoms with Gasteiger partial charge in [-0.05, 0) is 12.8 Å². The van der Waals surface area contributed by atoms with E-state index >= 15 is 0 Å². The molecule has 0 radical (unpaired) electrons. The normalized spacial score (nSPS) is 22.1. The molecule has 1 rings (SSSR count). The van der Waals surface area contributed by atoms with Crippen LogP contribution in [-0.4, -0.2) is 23.0 Å². The van der Waals surface area contributed by atoms with Gasteiger partial charge in [0.2, 0.25) is 6.54 Å². The van der Waals surface area contributed by atoms with Crippen molar-refractivity contribution in [3.63, 3.8) is 0 Å². The van der Waals surface area contributed by atoms with E-state index in [4.69, 9.17) is 0 Å². The third-order valence-corrected chi connectivity index (χ3v) is 2.73. The Hall–Kier alpha value is -1.26. The van der Waals surface area contributed by atoms with Gasteiger partial charge in [0.15, 0.2) is 0 Å². The molecule has 0 spiro atoms. The van der Waals surface area contributed by atoms with E-state index in [0.29, 0.717) is 12.8 Å². The van der Waals surface area contributed by atoms with E-state index in [1.807, 2.05) is 0 Å². The van der Waals surface area contributed by atoms with E-state index in [0.717, 1.165) is 19.3 Å². The van der Waals surface area contributed by atoms with Crippen LogP contribution in [0.1, 0.15) is 38.5 Å². The van der Waals surface area contributed by atoms with Crippen molar-refractivity contribution >= 4 is 11.6 Å². The molecule has 0 N–H and O–H groups in total. The fourth-order valence-electron chi connectivity index (χ4n) is 1.88. The summed E-state index contributed by atoms with van der Waals surface area (Å²) in [5, 5.41) is 10.1. The van der Waals surface area contributed by atoms with Gasteiger partial charge < -0.3 is 0 Å². The first-order chi connectivity index (χ1) is 7.11. The van der Waals surface area contributed by atoms with E-state index in [9.17, 15) is 19.7 Å². The lowest BCUT2D eigenvalue weighted by Crippen LogP contribution is -2.24.